The summed E-state index contributed by atoms with van der Waals surface area (Å²) in [5.74, 6) is -1.00. The number of hydrogen-bond acceptors (Lipinski definition) is 4. The van der Waals surface area contributed by atoms with Gasteiger partial charge in [-0.25, -0.2) is 0 Å². The van der Waals surface area contributed by atoms with E-state index in [1.165, 1.54) is 19.1 Å². The molecule has 1 N–H and O–H groups in total. The van der Waals surface area contributed by atoms with E-state index >= 15 is 0 Å². The van der Waals surface area contributed by atoms with E-state index < -0.39 is 22.1 Å². The number of phenolic OH excluding ortho intramolecular Hbond substituents is 1. The van der Waals surface area contributed by atoms with Crippen LogP contribution < -0.4 is 0 Å². The van der Waals surface area contributed by atoms with Crippen molar-refractivity contribution in [3.63, 3.8) is 0 Å². The summed E-state index contributed by atoms with van der Waals surface area (Å²) in [7, 11) is 0. The van der Waals surface area contributed by atoms with Crippen LogP contribution in [0, 0.1) is 10.1 Å². The highest BCUT2D eigenvalue weighted by molar-refractivity contribution is 5.99. The number of nitrogens with zero attached hydrogens (tertiary/aromatic N) is 1. The lowest BCUT2D eigenvalue weighted by atomic mass is 9.99. The number of Topliss-reactive ketones (excluding diaryl/α,β-unsaturated/α-hetero) is 1. The van der Waals surface area contributed by atoms with E-state index in [9.17, 15) is 20.0 Å². The van der Waals surface area contributed by atoms with Gasteiger partial charge in [-0.2, -0.15) is 0 Å². The zero-order valence-electron chi connectivity index (χ0n) is 10.2. The summed E-state index contributed by atoms with van der Waals surface area (Å²) in [4.78, 5) is 21.7. The van der Waals surface area contributed by atoms with E-state index in [1.807, 2.05) is 6.07 Å². The average Bonchev–Trinajstić information content (AvgIpc) is 2.39. The average molecular weight is 257 g/mol. The van der Waals surface area contributed by atoms with Crippen LogP contribution in [0.5, 0.6) is 5.75 Å². The molecular weight excluding hydrogens is 246 g/mol. The minimum atomic E-state index is -0.700. The highest BCUT2D eigenvalue weighted by Crippen LogP contribution is 2.35. The topological polar surface area (TPSA) is 80.4 Å². The molecule has 19 heavy (non-hydrogen) atoms. The SMILES string of the molecule is CC(=O)c1cc(-c2ccccc2)cc([N+](=O)[O-])c1O. The van der Waals surface area contributed by atoms with Crippen molar-refractivity contribution in [2.45, 2.75) is 6.92 Å². The summed E-state index contributed by atoms with van der Waals surface area (Å²) in [6.45, 7) is 1.26. The number of ketones is 1. The second kappa shape index (κ2) is 4.89. The van der Waals surface area contributed by atoms with Crippen LogP contribution in [0.4, 0.5) is 5.69 Å². The van der Waals surface area contributed by atoms with Gasteiger partial charge in [0.05, 0.1) is 10.5 Å². The molecule has 0 bridgehead atoms. The third kappa shape index (κ3) is 2.44. The maximum atomic E-state index is 11.4. The minimum absolute atomic E-state index is 0.0481. The zero-order chi connectivity index (χ0) is 14.0. The standard InChI is InChI=1S/C14H11NO4/c1-9(16)12-7-11(10-5-3-2-4-6-10)8-13(14(12)17)15(18)19/h2-8,17H,1H3. The van der Waals surface area contributed by atoms with Crippen LogP contribution in [0.2, 0.25) is 0 Å². The Morgan fingerprint density at radius 2 is 1.79 bits per heavy atom. The number of hydrogen-bond donors (Lipinski definition) is 1. The van der Waals surface area contributed by atoms with Gasteiger partial charge in [0.1, 0.15) is 0 Å². The third-order valence-corrected chi connectivity index (χ3v) is 2.77. The predicted molar refractivity (Wildman–Crippen MR) is 70.2 cm³/mol. The van der Waals surface area contributed by atoms with Crippen molar-refractivity contribution in [1.29, 1.82) is 0 Å². The Morgan fingerprint density at radius 3 is 2.32 bits per heavy atom. The van der Waals surface area contributed by atoms with Crippen molar-refractivity contribution in [1.82, 2.24) is 0 Å². The molecule has 0 aromatic heterocycles. The van der Waals surface area contributed by atoms with Gasteiger partial charge in [-0.3, -0.25) is 14.9 Å². The van der Waals surface area contributed by atoms with Gasteiger partial charge in [-0.15, -0.1) is 0 Å². The first-order chi connectivity index (χ1) is 9.00. The lowest BCUT2D eigenvalue weighted by Crippen LogP contribution is -1.98. The Labute approximate surface area is 109 Å². The Bertz CT molecular complexity index is 615. The molecule has 0 atom stereocenters. The smallest absolute Gasteiger partial charge is 0.312 e. The fourth-order valence-electron chi connectivity index (χ4n) is 1.82. The monoisotopic (exact) mass is 257 g/mol. The number of rotatable bonds is 3. The normalized spacial score (nSPS) is 10.2. The molecule has 0 saturated heterocycles. The molecule has 0 fully saturated rings. The molecule has 2 aromatic rings. The summed E-state index contributed by atoms with van der Waals surface area (Å²) in [6, 6.07) is 11.7. The number of benzene rings is 2. The van der Waals surface area contributed by atoms with Crippen LogP contribution >= 0.6 is 0 Å². The second-order valence-corrected chi connectivity index (χ2v) is 4.07. The Kier molecular flexibility index (Phi) is 3.29. The summed E-state index contributed by atoms with van der Waals surface area (Å²) in [5, 5.41) is 20.7. The number of nitro benzene ring substituents is 1. The van der Waals surface area contributed by atoms with Crippen molar-refractivity contribution in [2.75, 3.05) is 0 Å². The molecule has 2 aromatic carbocycles. The quantitative estimate of drug-likeness (QED) is 0.520. The van der Waals surface area contributed by atoms with Gasteiger partial charge in [0, 0.05) is 6.07 Å². The van der Waals surface area contributed by atoms with Gasteiger partial charge in [-0.05, 0) is 24.1 Å². The Morgan fingerprint density at radius 1 is 1.16 bits per heavy atom. The van der Waals surface area contributed by atoms with Crippen molar-refractivity contribution >= 4 is 11.5 Å². The number of aromatic hydroxyl groups is 1. The van der Waals surface area contributed by atoms with Crippen LogP contribution in [-0.2, 0) is 0 Å². The van der Waals surface area contributed by atoms with Crippen molar-refractivity contribution < 1.29 is 14.8 Å². The van der Waals surface area contributed by atoms with Crippen molar-refractivity contribution in [2.24, 2.45) is 0 Å². The Hall–Kier alpha value is -2.69. The molecule has 0 amide bonds. The number of carbonyl (C=O) groups excluding carboxylic acids is 1. The fourth-order valence-corrected chi connectivity index (χ4v) is 1.82. The highest BCUT2D eigenvalue weighted by Gasteiger charge is 2.21. The van der Waals surface area contributed by atoms with E-state index in [-0.39, 0.29) is 5.56 Å². The molecule has 2 rings (SSSR count). The maximum Gasteiger partial charge on any atom is 0.312 e. The first-order valence-electron chi connectivity index (χ1n) is 5.58. The number of phenols is 1. The van der Waals surface area contributed by atoms with Gasteiger partial charge in [0.25, 0.3) is 0 Å². The lowest BCUT2D eigenvalue weighted by molar-refractivity contribution is -0.385. The molecule has 0 spiro atoms. The molecule has 96 valence electrons. The van der Waals surface area contributed by atoms with E-state index in [4.69, 9.17) is 0 Å². The largest absolute Gasteiger partial charge is 0.502 e. The molecular formula is C14H11NO4. The fraction of sp³-hybridized carbons (Fsp3) is 0.0714. The van der Waals surface area contributed by atoms with E-state index in [2.05, 4.69) is 0 Å². The molecule has 0 radical (unpaired) electrons. The van der Waals surface area contributed by atoms with Crippen LogP contribution in [-0.4, -0.2) is 15.8 Å². The maximum absolute atomic E-state index is 11.4. The van der Waals surface area contributed by atoms with Gasteiger partial charge in [0.2, 0.25) is 5.75 Å². The van der Waals surface area contributed by atoms with Gasteiger partial charge in [0.15, 0.2) is 5.78 Å². The minimum Gasteiger partial charge on any atom is -0.502 e. The van der Waals surface area contributed by atoms with Crippen molar-refractivity contribution in [3.05, 3.63) is 58.1 Å². The summed E-state index contributed by atoms with van der Waals surface area (Å²) in [5.41, 5.74) is 0.753. The molecule has 0 aliphatic carbocycles. The van der Waals surface area contributed by atoms with Crippen LogP contribution in [0.25, 0.3) is 11.1 Å². The molecule has 5 nitrogen and oxygen atoms in total. The van der Waals surface area contributed by atoms with Crippen LogP contribution in [0.3, 0.4) is 0 Å². The van der Waals surface area contributed by atoms with E-state index in [0.29, 0.717) is 5.56 Å². The van der Waals surface area contributed by atoms with Gasteiger partial charge in [-0.1, -0.05) is 30.3 Å². The molecule has 5 heteroatoms. The lowest BCUT2D eigenvalue weighted by Gasteiger charge is -2.06. The van der Waals surface area contributed by atoms with E-state index in [1.54, 1.807) is 24.3 Å². The van der Waals surface area contributed by atoms with Crippen LogP contribution in [0.15, 0.2) is 42.5 Å². The van der Waals surface area contributed by atoms with Gasteiger partial charge < -0.3 is 5.11 Å². The van der Waals surface area contributed by atoms with Gasteiger partial charge >= 0.3 is 5.69 Å². The van der Waals surface area contributed by atoms with E-state index in [0.717, 1.165) is 5.56 Å². The molecule has 0 aliphatic rings. The highest BCUT2D eigenvalue weighted by atomic mass is 16.6. The zero-order valence-corrected chi connectivity index (χ0v) is 10.2. The van der Waals surface area contributed by atoms with Crippen molar-refractivity contribution in [3.8, 4) is 16.9 Å². The Balaban J connectivity index is 2.70. The summed E-state index contributed by atoms with van der Waals surface area (Å²) >= 11 is 0. The predicted octanol–water partition coefficient (Wildman–Crippen LogP) is 3.17. The summed E-state index contributed by atoms with van der Waals surface area (Å²) < 4.78 is 0. The number of nitro groups is 1. The molecule has 0 aliphatic heterocycles. The molecule has 0 heterocycles. The second-order valence-electron chi connectivity index (χ2n) is 4.07. The summed E-state index contributed by atoms with van der Waals surface area (Å²) in [6.07, 6.45) is 0. The molecule has 0 unspecified atom stereocenters. The molecule has 0 saturated carbocycles. The first-order valence-corrected chi connectivity index (χ1v) is 5.58. The third-order valence-electron chi connectivity index (χ3n) is 2.77. The first kappa shape index (κ1) is 12.8. The van der Waals surface area contributed by atoms with Crippen LogP contribution in [0.1, 0.15) is 17.3 Å². The number of carbonyl (C=O) groups is 1.